The molecule has 0 rings (SSSR count). The molecule has 0 radical (unpaired) electrons. The molecule has 3 N–H and O–H groups in total. The van der Waals surface area contributed by atoms with Crippen LogP contribution in [0.25, 0.3) is 0 Å². The van der Waals surface area contributed by atoms with Crippen molar-refractivity contribution >= 4 is 62.4 Å². The minimum absolute atomic E-state index is 0. The van der Waals surface area contributed by atoms with E-state index in [2.05, 4.69) is 0 Å². The van der Waals surface area contributed by atoms with Gasteiger partial charge in [-0.2, -0.15) is 0 Å². The summed E-state index contributed by atoms with van der Waals surface area (Å²) in [7, 11) is -2.17. The van der Waals surface area contributed by atoms with E-state index in [0.717, 1.165) is 0 Å². The molecule has 0 aliphatic heterocycles. The van der Waals surface area contributed by atoms with Crippen LogP contribution in [0.2, 0.25) is 0 Å². The topological polar surface area (TPSA) is 60.7 Å². The molecule has 0 aliphatic rings. The van der Waals surface area contributed by atoms with Crippen LogP contribution < -0.4 is 0 Å². The average molecular weight is 225 g/mol. The zero-order valence-electron chi connectivity index (χ0n) is 2.42. The SMILES string of the molecule is OB(O)O.[AlH3].[CaH2].[Zr]. The maximum Gasteiger partial charge on any atom is 0 e. The van der Waals surface area contributed by atoms with Crippen LogP contribution in [0.3, 0.4) is 0 Å². The monoisotopic (exact) mass is 224 g/mol. The summed E-state index contributed by atoms with van der Waals surface area (Å²) in [6, 6.07) is 0. The van der Waals surface area contributed by atoms with Gasteiger partial charge in [0.25, 0.3) is 0 Å². The molecule has 7 heavy (non-hydrogen) atoms. The van der Waals surface area contributed by atoms with E-state index in [1.54, 1.807) is 0 Å². The Morgan fingerprint density at radius 1 is 1.00 bits per heavy atom. The van der Waals surface area contributed by atoms with Gasteiger partial charge in [0, 0.05) is 26.2 Å². The van der Waals surface area contributed by atoms with E-state index in [0.29, 0.717) is 0 Å². The molecule has 0 aliphatic carbocycles. The summed E-state index contributed by atoms with van der Waals surface area (Å²) < 4.78 is 0. The third kappa shape index (κ3) is 55.0. The molecule has 0 aromatic carbocycles. The predicted molar refractivity (Wildman–Crippen MR) is 30.9 cm³/mol. The molecular weight excluding hydrogens is 217 g/mol. The van der Waals surface area contributed by atoms with Crippen molar-refractivity contribution in [3.05, 3.63) is 0 Å². The number of rotatable bonds is 0. The zero-order valence-corrected chi connectivity index (χ0v) is 4.88. The van der Waals surface area contributed by atoms with Crippen LogP contribution in [0, 0.1) is 0 Å². The molecule has 0 heterocycles. The Hall–Kier alpha value is 2.62. The van der Waals surface area contributed by atoms with Gasteiger partial charge in [0.1, 0.15) is 0 Å². The first kappa shape index (κ1) is 22.6. The first-order chi connectivity index (χ1) is 1.73. The summed E-state index contributed by atoms with van der Waals surface area (Å²) in [5.41, 5.74) is 0. The molecule has 0 amide bonds. The van der Waals surface area contributed by atoms with Crippen molar-refractivity contribution in [2.45, 2.75) is 0 Å². The summed E-state index contributed by atoms with van der Waals surface area (Å²) >= 11 is 0. The van der Waals surface area contributed by atoms with Crippen LogP contribution in [-0.2, 0) is 26.2 Å². The van der Waals surface area contributed by atoms with Gasteiger partial charge < -0.3 is 15.1 Å². The van der Waals surface area contributed by atoms with Crippen LogP contribution in [0.5, 0.6) is 0 Å². The van der Waals surface area contributed by atoms with E-state index in [9.17, 15) is 0 Å². The van der Waals surface area contributed by atoms with Gasteiger partial charge >= 0.3 is 45.1 Å². The fourth-order valence-corrected chi connectivity index (χ4v) is 0. The van der Waals surface area contributed by atoms with E-state index >= 15 is 0 Å². The summed E-state index contributed by atoms with van der Waals surface area (Å²) in [6.07, 6.45) is 0. The van der Waals surface area contributed by atoms with Crippen LogP contribution in [0.1, 0.15) is 0 Å². The third-order valence-electron chi connectivity index (χ3n) is 0. The molecule has 0 aromatic rings. The largest absolute Gasteiger partial charge is 0 e. The smallest absolute Gasteiger partial charge is 0 e. The fourth-order valence-electron chi connectivity index (χ4n) is 0. The van der Waals surface area contributed by atoms with Crippen molar-refractivity contribution in [3.8, 4) is 0 Å². The van der Waals surface area contributed by atoms with Gasteiger partial charge in [-0.3, -0.25) is 0 Å². The minimum Gasteiger partial charge on any atom is 0 e. The second kappa shape index (κ2) is 15.8. The zero-order chi connectivity index (χ0) is 3.58. The van der Waals surface area contributed by atoms with E-state index in [1.807, 2.05) is 0 Å². The quantitative estimate of drug-likeness (QED) is 0.367. The van der Waals surface area contributed by atoms with Gasteiger partial charge in [0.2, 0.25) is 0 Å². The number of hydrogen-bond acceptors (Lipinski definition) is 3. The molecule has 0 bridgehead atoms. The van der Waals surface area contributed by atoms with Crippen LogP contribution >= 0.6 is 0 Å². The summed E-state index contributed by atoms with van der Waals surface area (Å²) in [5.74, 6) is 0. The van der Waals surface area contributed by atoms with Gasteiger partial charge in [-0.25, -0.2) is 0 Å². The molecule has 7 heteroatoms. The van der Waals surface area contributed by atoms with Crippen LogP contribution in [0.4, 0.5) is 0 Å². The van der Waals surface area contributed by atoms with Crippen LogP contribution in [0.15, 0.2) is 0 Å². The third-order valence-corrected chi connectivity index (χ3v) is 0. The summed E-state index contributed by atoms with van der Waals surface area (Å²) in [4.78, 5) is 0. The van der Waals surface area contributed by atoms with Crippen molar-refractivity contribution in [1.82, 2.24) is 0 Å². The molecule has 38 valence electrons. The normalized spacial score (nSPS) is 3.86. The molecule has 0 aromatic heterocycles. The summed E-state index contributed by atoms with van der Waals surface area (Å²) in [6.45, 7) is 0. The Morgan fingerprint density at radius 3 is 1.00 bits per heavy atom. The predicted octanol–water partition coefficient (Wildman–Crippen LogP) is -4.15. The standard InChI is InChI=1S/Al.BH3O3.Ca.Zr.5H/c;2-1(3)4;;;;;;;/h;2-4H;;;;;;;. The molecule has 0 unspecified atom stereocenters. The Balaban J connectivity index is -0.0000000150. The van der Waals surface area contributed by atoms with Crippen molar-refractivity contribution in [2.24, 2.45) is 0 Å². The molecule has 0 fully saturated rings. The molecule has 0 saturated carbocycles. The fraction of sp³-hybridized carbons (Fsp3) is 0. The molecule has 0 atom stereocenters. The van der Waals surface area contributed by atoms with Gasteiger partial charge in [-0.05, 0) is 0 Å². The van der Waals surface area contributed by atoms with E-state index < -0.39 is 7.32 Å². The van der Waals surface area contributed by atoms with E-state index in [1.165, 1.54) is 0 Å². The van der Waals surface area contributed by atoms with Crippen molar-refractivity contribution in [2.75, 3.05) is 0 Å². The minimum atomic E-state index is -2.17. The van der Waals surface area contributed by atoms with Crippen LogP contribution in [-0.4, -0.2) is 77.5 Å². The van der Waals surface area contributed by atoms with Crippen molar-refractivity contribution in [3.63, 3.8) is 0 Å². The van der Waals surface area contributed by atoms with E-state index in [-0.39, 0.29) is 81.3 Å². The maximum atomic E-state index is 7.17. The van der Waals surface area contributed by atoms with Gasteiger partial charge in [0.15, 0.2) is 17.4 Å². The van der Waals surface area contributed by atoms with Gasteiger partial charge in [0.05, 0.1) is 0 Å². The maximum absolute atomic E-state index is 7.17. The Kier molecular flexibility index (Phi) is 51.2. The second-order valence-electron chi connectivity index (χ2n) is 0.346. The van der Waals surface area contributed by atoms with Gasteiger partial charge in [-0.15, -0.1) is 0 Å². The first-order valence-corrected chi connectivity index (χ1v) is 0.775. The van der Waals surface area contributed by atoms with E-state index in [4.69, 9.17) is 15.1 Å². The molecule has 0 saturated heterocycles. The average Bonchev–Trinajstić information content (AvgIpc) is 0.811. The summed E-state index contributed by atoms with van der Waals surface area (Å²) in [5, 5.41) is 21.5. The van der Waals surface area contributed by atoms with Crippen molar-refractivity contribution < 1.29 is 41.3 Å². The van der Waals surface area contributed by atoms with Gasteiger partial charge in [-0.1, -0.05) is 0 Å². The van der Waals surface area contributed by atoms with Crippen molar-refractivity contribution in [1.29, 1.82) is 0 Å². The Morgan fingerprint density at radius 2 is 1.00 bits per heavy atom. The first-order valence-electron chi connectivity index (χ1n) is 0.775. The second-order valence-corrected chi connectivity index (χ2v) is 0.346. The molecular formula is H8AlBCaO3Zr. The molecule has 0 spiro atoms. The number of hydrogen-bond donors (Lipinski definition) is 3. The molecule has 3 nitrogen and oxygen atoms in total. The Bertz CT molecular complexity index is 19.7. The Labute approximate surface area is 102 Å².